The molecule has 0 spiro atoms. The Labute approximate surface area is 103 Å². The summed E-state index contributed by atoms with van der Waals surface area (Å²) in [5.74, 6) is -0.289. The maximum Gasteiger partial charge on any atom is 0.243 e. The van der Waals surface area contributed by atoms with E-state index in [0.717, 1.165) is 19.3 Å². The minimum Gasteiger partial charge on any atom is -0.389 e. The molecule has 0 saturated carbocycles. The van der Waals surface area contributed by atoms with Gasteiger partial charge < -0.3 is 15.2 Å². The van der Waals surface area contributed by atoms with Crippen LogP contribution in [0.25, 0.3) is 0 Å². The molecule has 98 valence electrons. The number of aliphatic hydroxyl groups is 1. The highest BCUT2D eigenvalue weighted by molar-refractivity contribution is 5.86. The number of carbonyl (C=O) groups excluding carboxylic acids is 1. The average Bonchev–Trinajstić information content (AvgIpc) is 2.34. The monoisotopic (exact) mass is 241 g/mol. The van der Waals surface area contributed by atoms with E-state index in [0.29, 0.717) is 6.61 Å². The quantitative estimate of drug-likeness (QED) is 0.345. The molecule has 1 unspecified atom stereocenters. The molecule has 0 rings (SSSR count). The van der Waals surface area contributed by atoms with Gasteiger partial charge in [-0.25, -0.2) is 0 Å². The summed E-state index contributed by atoms with van der Waals surface area (Å²) in [7, 11) is 0. The van der Waals surface area contributed by atoms with Crippen molar-refractivity contribution in [2.24, 2.45) is 0 Å². The summed E-state index contributed by atoms with van der Waals surface area (Å²) in [5, 5.41) is 12.0. The van der Waals surface area contributed by atoms with Gasteiger partial charge in [0.15, 0.2) is 0 Å². The Balaban J connectivity index is 3.39. The summed E-state index contributed by atoms with van der Waals surface area (Å²) in [4.78, 5) is 10.8. The zero-order valence-electron chi connectivity index (χ0n) is 10.6. The standard InChI is InChI=1S/C13H23NO3/c1-4-11(3)7-6-8-17-10-12(15)9-14-13(16)5-2/h5,12,15H,2-4,6-10H2,1H3,(H,14,16). The average molecular weight is 241 g/mol. The van der Waals surface area contributed by atoms with E-state index >= 15 is 0 Å². The number of aliphatic hydroxyl groups excluding tert-OH is 1. The molecule has 1 atom stereocenters. The van der Waals surface area contributed by atoms with E-state index in [4.69, 9.17) is 4.74 Å². The Bertz CT molecular complexity index is 251. The molecule has 0 aromatic rings. The summed E-state index contributed by atoms with van der Waals surface area (Å²) in [5.41, 5.74) is 1.22. The summed E-state index contributed by atoms with van der Waals surface area (Å²) in [6.45, 7) is 10.3. The molecular weight excluding hydrogens is 218 g/mol. The number of hydrogen-bond acceptors (Lipinski definition) is 3. The van der Waals surface area contributed by atoms with Gasteiger partial charge in [-0.2, -0.15) is 0 Å². The summed E-state index contributed by atoms with van der Waals surface area (Å²) < 4.78 is 5.29. The lowest BCUT2D eigenvalue weighted by molar-refractivity contribution is -0.117. The first-order valence-electron chi connectivity index (χ1n) is 5.92. The van der Waals surface area contributed by atoms with Crippen LogP contribution in [0.5, 0.6) is 0 Å². The van der Waals surface area contributed by atoms with Crippen LogP contribution in [-0.2, 0) is 9.53 Å². The van der Waals surface area contributed by atoms with E-state index in [1.165, 1.54) is 11.6 Å². The first-order valence-corrected chi connectivity index (χ1v) is 5.92. The first kappa shape index (κ1) is 15.9. The zero-order valence-corrected chi connectivity index (χ0v) is 10.6. The molecule has 4 heteroatoms. The highest BCUT2D eigenvalue weighted by atomic mass is 16.5. The van der Waals surface area contributed by atoms with Crippen molar-refractivity contribution in [2.45, 2.75) is 32.3 Å². The van der Waals surface area contributed by atoms with Crippen LogP contribution in [0.4, 0.5) is 0 Å². The van der Waals surface area contributed by atoms with Crippen LogP contribution in [0, 0.1) is 0 Å². The Morgan fingerprint density at radius 1 is 1.59 bits per heavy atom. The molecule has 4 nitrogen and oxygen atoms in total. The normalized spacial score (nSPS) is 11.9. The highest BCUT2D eigenvalue weighted by Gasteiger charge is 2.05. The maximum absolute atomic E-state index is 10.8. The molecule has 1 amide bonds. The fraction of sp³-hybridized carbons (Fsp3) is 0.615. The molecule has 0 aromatic heterocycles. The van der Waals surface area contributed by atoms with E-state index in [2.05, 4.69) is 25.4 Å². The molecule has 0 heterocycles. The number of carbonyl (C=O) groups is 1. The Morgan fingerprint density at radius 3 is 2.88 bits per heavy atom. The van der Waals surface area contributed by atoms with Crippen molar-refractivity contribution in [2.75, 3.05) is 19.8 Å². The van der Waals surface area contributed by atoms with Crippen molar-refractivity contribution in [1.82, 2.24) is 5.32 Å². The van der Waals surface area contributed by atoms with E-state index in [1.807, 2.05) is 0 Å². The molecule has 2 N–H and O–H groups in total. The van der Waals surface area contributed by atoms with Crippen LogP contribution < -0.4 is 5.32 Å². The van der Waals surface area contributed by atoms with Crippen molar-refractivity contribution in [1.29, 1.82) is 0 Å². The van der Waals surface area contributed by atoms with Gasteiger partial charge in [0.1, 0.15) is 0 Å². The second-order valence-corrected chi connectivity index (χ2v) is 3.89. The number of allylic oxidation sites excluding steroid dienone is 1. The van der Waals surface area contributed by atoms with Crippen molar-refractivity contribution in [3.05, 3.63) is 24.8 Å². The maximum atomic E-state index is 10.8. The second-order valence-electron chi connectivity index (χ2n) is 3.89. The van der Waals surface area contributed by atoms with Gasteiger partial charge in [0.25, 0.3) is 0 Å². The van der Waals surface area contributed by atoms with Gasteiger partial charge in [-0.15, -0.1) is 0 Å². The van der Waals surface area contributed by atoms with Crippen LogP contribution in [0.3, 0.4) is 0 Å². The summed E-state index contributed by atoms with van der Waals surface area (Å²) >= 11 is 0. The van der Waals surface area contributed by atoms with Crippen LogP contribution >= 0.6 is 0 Å². The van der Waals surface area contributed by atoms with Gasteiger partial charge in [-0.05, 0) is 25.3 Å². The number of nitrogens with one attached hydrogen (secondary N) is 1. The lowest BCUT2D eigenvalue weighted by Crippen LogP contribution is -2.33. The SMILES string of the molecule is C=CC(=O)NCC(O)COCCCC(=C)CC. The third kappa shape index (κ3) is 9.78. The van der Waals surface area contributed by atoms with Gasteiger partial charge >= 0.3 is 0 Å². The van der Waals surface area contributed by atoms with Crippen molar-refractivity contribution in [3.8, 4) is 0 Å². The van der Waals surface area contributed by atoms with Gasteiger partial charge in [0.2, 0.25) is 5.91 Å². The van der Waals surface area contributed by atoms with Crippen molar-refractivity contribution < 1.29 is 14.6 Å². The van der Waals surface area contributed by atoms with Crippen LogP contribution in [0.15, 0.2) is 24.8 Å². The smallest absolute Gasteiger partial charge is 0.243 e. The lowest BCUT2D eigenvalue weighted by Gasteiger charge is -2.11. The van der Waals surface area contributed by atoms with Crippen molar-refractivity contribution in [3.63, 3.8) is 0 Å². The van der Waals surface area contributed by atoms with Gasteiger partial charge in [-0.1, -0.05) is 25.7 Å². The Hall–Kier alpha value is -1.13. The van der Waals surface area contributed by atoms with E-state index in [-0.39, 0.29) is 19.1 Å². The van der Waals surface area contributed by atoms with E-state index in [1.54, 1.807) is 0 Å². The second kappa shape index (κ2) is 10.1. The largest absolute Gasteiger partial charge is 0.389 e. The molecule has 0 bridgehead atoms. The molecule has 0 fully saturated rings. The predicted octanol–water partition coefficient (Wildman–Crippen LogP) is 1.41. The minimum absolute atomic E-state index is 0.187. The summed E-state index contributed by atoms with van der Waals surface area (Å²) in [6.07, 6.45) is 3.37. The van der Waals surface area contributed by atoms with E-state index < -0.39 is 6.10 Å². The van der Waals surface area contributed by atoms with Crippen LogP contribution in [0.1, 0.15) is 26.2 Å². The van der Waals surface area contributed by atoms with Gasteiger partial charge in [0, 0.05) is 13.2 Å². The Morgan fingerprint density at radius 2 is 2.29 bits per heavy atom. The van der Waals surface area contributed by atoms with Crippen LogP contribution in [-0.4, -0.2) is 36.9 Å². The fourth-order valence-corrected chi connectivity index (χ4v) is 1.17. The van der Waals surface area contributed by atoms with Gasteiger partial charge in [-0.3, -0.25) is 4.79 Å². The number of hydrogen-bond donors (Lipinski definition) is 2. The molecule has 0 aliphatic carbocycles. The fourth-order valence-electron chi connectivity index (χ4n) is 1.17. The lowest BCUT2D eigenvalue weighted by atomic mass is 10.1. The molecule has 0 aliphatic rings. The molecule has 17 heavy (non-hydrogen) atoms. The minimum atomic E-state index is -0.673. The molecular formula is C13H23NO3. The van der Waals surface area contributed by atoms with Crippen molar-refractivity contribution >= 4 is 5.91 Å². The van der Waals surface area contributed by atoms with Crippen LogP contribution in [0.2, 0.25) is 0 Å². The predicted molar refractivity (Wildman–Crippen MR) is 68.7 cm³/mol. The zero-order chi connectivity index (χ0) is 13.1. The topological polar surface area (TPSA) is 58.6 Å². The third-order valence-corrected chi connectivity index (χ3v) is 2.33. The first-order chi connectivity index (χ1) is 8.10. The summed E-state index contributed by atoms with van der Waals surface area (Å²) in [6, 6.07) is 0. The highest BCUT2D eigenvalue weighted by Crippen LogP contribution is 2.05. The van der Waals surface area contributed by atoms with Gasteiger partial charge in [0.05, 0.1) is 12.7 Å². The Kier molecular flexibility index (Phi) is 9.38. The molecule has 0 saturated heterocycles. The molecule has 0 aromatic carbocycles. The third-order valence-electron chi connectivity index (χ3n) is 2.33. The molecule has 0 aliphatic heterocycles. The molecule has 0 radical (unpaired) electrons. The number of amides is 1. The van der Waals surface area contributed by atoms with E-state index in [9.17, 15) is 9.90 Å². The number of ether oxygens (including phenoxy) is 1. The number of rotatable bonds is 10.